The molecule has 0 saturated heterocycles. The highest BCUT2D eigenvalue weighted by atomic mass is 31.2. The van der Waals surface area contributed by atoms with E-state index in [1.54, 1.807) is 0 Å². The molecule has 0 amide bonds. The molecule has 0 radical (unpaired) electrons. The topological polar surface area (TPSA) is 179 Å². The smallest absolute Gasteiger partial charge is 0.362 e. The molecule has 16 heavy (non-hydrogen) atoms. The zero-order chi connectivity index (χ0) is 12.9. The SMILES string of the molecule is O=P(O)(O)C1(O)[C@H](O)[C@@H](O)C(O)[C@@H](O)[C@@H]1O. The van der Waals surface area contributed by atoms with Crippen LogP contribution in [-0.2, 0) is 4.57 Å². The molecule has 1 rings (SSSR count). The summed E-state index contributed by atoms with van der Waals surface area (Å²) in [6, 6.07) is 0. The molecule has 2 unspecified atom stereocenters. The zero-order valence-corrected chi connectivity index (χ0v) is 8.71. The van der Waals surface area contributed by atoms with Gasteiger partial charge in [-0.3, -0.25) is 4.57 Å². The summed E-state index contributed by atoms with van der Waals surface area (Å²) in [7, 11) is -5.44. The van der Waals surface area contributed by atoms with Crippen molar-refractivity contribution in [3.63, 3.8) is 0 Å². The van der Waals surface area contributed by atoms with E-state index in [0.29, 0.717) is 0 Å². The van der Waals surface area contributed by atoms with Crippen LogP contribution < -0.4 is 0 Å². The van der Waals surface area contributed by atoms with Crippen molar-refractivity contribution < 1.29 is 45.0 Å². The first-order valence-electron chi connectivity index (χ1n) is 4.23. The van der Waals surface area contributed by atoms with E-state index >= 15 is 0 Å². The predicted octanol–water partition coefficient (Wildman–Crippen LogP) is -4.33. The van der Waals surface area contributed by atoms with Crippen molar-refractivity contribution in [2.45, 2.75) is 35.9 Å². The standard InChI is InChI=1S/C6H13O9P/c7-1-2(8)4(10)6(12,16(13,14)15)5(11)3(1)9/h1-5,7-12H,(H2,13,14,15)/t1?,2-,3+,4+,5-,6?. The Labute approximate surface area is 89.4 Å². The van der Waals surface area contributed by atoms with Crippen molar-refractivity contribution >= 4 is 7.60 Å². The van der Waals surface area contributed by atoms with Crippen LogP contribution in [0.15, 0.2) is 0 Å². The van der Waals surface area contributed by atoms with Gasteiger partial charge in [-0.25, -0.2) is 0 Å². The van der Waals surface area contributed by atoms with Gasteiger partial charge in [0.25, 0.3) is 0 Å². The van der Waals surface area contributed by atoms with Gasteiger partial charge in [0, 0.05) is 0 Å². The molecule has 0 aromatic heterocycles. The second kappa shape index (κ2) is 3.98. The Morgan fingerprint density at radius 1 is 0.812 bits per heavy atom. The summed E-state index contributed by atoms with van der Waals surface area (Å²) < 4.78 is 10.9. The van der Waals surface area contributed by atoms with Crippen LogP contribution in [0.1, 0.15) is 0 Å². The Morgan fingerprint density at radius 3 is 1.38 bits per heavy atom. The maximum Gasteiger partial charge on any atom is 0.362 e. The molecule has 1 aliphatic carbocycles. The molecule has 9 nitrogen and oxygen atoms in total. The third-order valence-electron chi connectivity index (χ3n) is 2.68. The molecular formula is C6H13O9P. The minimum Gasteiger partial charge on any atom is -0.387 e. The first-order valence-corrected chi connectivity index (χ1v) is 5.84. The summed E-state index contributed by atoms with van der Waals surface area (Å²) >= 11 is 0. The van der Waals surface area contributed by atoms with Gasteiger partial charge >= 0.3 is 7.60 Å². The Balaban J connectivity index is 3.24. The second-order valence-corrected chi connectivity index (χ2v) is 5.49. The fourth-order valence-corrected chi connectivity index (χ4v) is 2.59. The van der Waals surface area contributed by atoms with Gasteiger partial charge in [-0.1, -0.05) is 0 Å². The number of hydrogen-bond donors (Lipinski definition) is 8. The van der Waals surface area contributed by atoms with Gasteiger partial charge in [0.15, 0.2) is 0 Å². The molecule has 1 aliphatic rings. The van der Waals surface area contributed by atoms with Crippen LogP contribution >= 0.6 is 7.60 Å². The lowest BCUT2D eigenvalue weighted by Crippen LogP contribution is -2.70. The molecule has 8 N–H and O–H groups in total. The van der Waals surface area contributed by atoms with E-state index in [1.165, 1.54) is 0 Å². The number of aliphatic hydroxyl groups excluding tert-OH is 5. The molecule has 0 aromatic carbocycles. The molecular weight excluding hydrogens is 247 g/mol. The van der Waals surface area contributed by atoms with Crippen molar-refractivity contribution in [1.82, 2.24) is 0 Å². The highest BCUT2D eigenvalue weighted by Crippen LogP contribution is 2.55. The zero-order valence-electron chi connectivity index (χ0n) is 7.82. The van der Waals surface area contributed by atoms with Gasteiger partial charge in [0.2, 0.25) is 5.34 Å². The largest absolute Gasteiger partial charge is 0.387 e. The van der Waals surface area contributed by atoms with E-state index in [1.807, 2.05) is 0 Å². The van der Waals surface area contributed by atoms with Crippen molar-refractivity contribution in [2.24, 2.45) is 0 Å². The maximum absolute atomic E-state index is 10.9. The average Bonchev–Trinajstić information content (AvgIpc) is 2.19. The lowest BCUT2D eigenvalue weighted by atomic mass is 9.84. The highest BCUT2D eigenvalue weighted by Gasteiger charge is 2.66. The molecule has 10 heteroatoms. The summed E-state index contributed by atoms with van der Waals surface area (Å²) in [4.78, 5) is 17.6. The number of hydrogen-bond acceptors (Lipinski definition) is 7. The number of rotatable bonds is 1. The third kappa shape index (κ3) is 1.70. The molecule has 0 spiro atoms. The van der Waals surface area contributed by atoms with Crippen molar-refractivity contribution in [2.75, 3.05) is 0 Å². The van der Waals surface area contributed by atoms with E-state index < -0.39 is 43.5 Å². The lowest BCUT2D eigenvalue weighted by molar-refractivity contribution is -0.243. The fourth-order valence-electron chi connectivity index (χ4n) is 1.60. The van der Waals surface area contributed by atoms with E-state index in [2.05, 4.69) is 0 Å². The fraction of sp³-hybridized carbons (Fsp3) is 1.00. The van der Waals surface area contributed by atoms with Crippen LogP contribution in [0, 0.1) is 0 Å². The first-order chi connectivity index (χ1) is 7.05. The highest BCUT2D eigenvalue weighted by molar-refractivity contribution is 7.53. The van der Waals surface area contributed by atoms with Crippen molar-refractivity contribution in [3.8, 4) is 0 Å². The van der Waals surface area contributed by atoms with E-state index in [9.17, 15) is 19.9 Å². The summed E-state index contributed by atoms with van der Waals surface area (Å²) in [6.45, 7) is 0. The molecule has 0 aliphatic heterocycles. The summed E-state index contributed by atoms with van der Waals surface area (Å²) in [5.41, 5.74) is 0. The predicted molar refractivity (Wildman–Crippen MR) is 47.0 cm³/mol. The molecule has 96 valence electrons. The Bertz CT molecular complexity index is 297. The van der Waals surface area contributed by atoms with Gasteiger partial charge in [-0.2, -0.15) is 0 Å². The van der Waals surface area contributed by atoms with Crippen LogP contribution in [0.25, 0.3) is 0 Å². The average molecular weight is 260 g/mol. The van der Waals surface area contributed by atoms with Crippen LogP contribution in [-0.4, -0.2) is 76.3 Å². The van der Waals surface area contributed by atoms with Gasteiger partial charge in [-0.15, -0.1) is 0 Å². The van der Waals surface area contributed by atoms with Crippen LogP contribution in [0.2, 0.25) is 0 Å². The van der Waals surface area contributed by atoms with Crippen LogP contribution in [0.3, 0.4) is 0 Å². The van der Waals surface area contributed by atoms with E-state index in [-0.39, 0.29) is 0 Å². The normalized spacial score (nSPS) is 50.4. The Kier molecular flexibility index (Phi) is 3.48. The van der Waals surface area contributed by atoms with Gasteiger partial charge in [0.05, 0.1) is 0 Å². The molecule has 0 heterocycles. The minimum atomic E-state index is -5.44. The second-order valence-electron chi connectivity index (χ2n) is 3.69. The van der Waals surface area contributed by atoms with Crippen LogP contribution in [0.5, 0.6) is 0 Å². The molecule has 1 fully saturated rings. The van der Waals surface area contributed by atoms with E-state index in [4.69, 9.17) is 25.1 Å². The van der Waals surface area contributed by atoms with Gasteiger partial charge in [-0.05, 0) is 0 Å². The Hall–Kier alpha value is -0.0900. The molecule has 0 bridgehead atoms. The lowest BCUT2D eigenvalue weighted by Gasteiger charge is -2.47. The Morgan fingerprint density at radius 2 is 1.12 bits per heavy atom. The molecule has 1 saturated carbocycles. The van der Waals surface area contributed by atoms with Crippen molar-refractivity contribution in [1.29, 1.82) is 0 Å². The van der Waals surface area contributed by atoms with Crippen LogP contribution in [0.4, 0.5) is 0 Å². The monoisotopic (exact) mass is 260 g/mol. The minimum absolute atomic E-state index is 2.03. The molecule has 6 atom stereocenters. The quantitative estimate of drug-likeness (QED) is 0.216. The van der Waals surface area contributed by atoms with E-state index in [0.717, 1.165) is 0 Å². The number of aliphatic hydroxyl groups is 6. The third-order valence-corrected chi connectivity index (χ3v) is 4.15. The summed E-state index contributed by atoms with van der Waals surface area (Å²) in [6.07, 6.45) is -11.4. The van der Waals surface area contributed by atoms with Gasteiger partial charge < -0.3 is 40.4 Å². The maximum atomic E-state index is 10.9. The first kappa shape index (κ1) is 14.0. The summed E-state index contributed by atoms with van der Waals surface area (Å²) in [5.74, 6) is 0. The molecule has 0 aromatic rings. The van der Waals surface area contributed by atoms with Gasteiger partial charge in [0.1, 0.15) is 30.5 Å². The van der Waals surface area contributed by atoms with Crippen molar-refractivity contribution in [3.05, 3.63) is 0 Å². The summed E-state index contributed by atoms with van der Waals surface area (Å²) in [5, 5.41) is 52.0.